The highest BCUT2D eigenvalue weighted by Crippen LogP contribution is 2.21. The second kappa shape index (κ2) is 5.42. The largest absolute Gasteiger partial charge is 0.365 e. The molecular weight excluding hydrogens is 304 g/mol. The molecule has 2 aromatic rings. The van der Waals surface area contributed by atoms with Gasteiger partial charge in [-0.25, -0.2) is 4.98 Å². The molecule has 0 saturated heterocycles. The van der Waals surface area contributed by atoms with Crippen LogP contribution in [0.3, 0.4) is 0 Å². The predicted octanol–water partition coefficient (Wildman–Crippen LogP) is 3.21. The molecule has 0 aliphatic rings. The predicted molar refractivity (Wildman–Crippen MR) is 71.0 cm³/mol. The van der Waals surface area contributed by atoms with E-state index in [1.165, 1.54) is 5.56 Å². The van der Waals surface area contributed by atoms with Crippen LogP contribution in [-0.4, -0.2) is 15.0 Å². The van der Waals surface area contributed by atoms with Gasteiger partial charge in [0.2, 0.25) is 5.28 Å². The van der Waals surface area contributed by atoms with Crippen LogP contribution in [0.5, 0.6) is 0 Å². The van der Waals surface area contributed by atoms with E-state index in [1.54, 1.807) is 12.4 Å². The van der Waals surface area contributed by atoms with Crippen molar-refractivity contribution in [1.29, 1.82) is 0 Å². The van der Waals surface area contributed by atoms with Crippen LogP contribution in [-0.2, 0) is 6.54 Å². The normalized spacial score (nSPS) is 10.3. The monoisotopic (exact) mass is 312 g/mol. The lowest BCUT2D eigenvalue weighted by atomic mass is 10.1. The fraction of sp³-hybridized carbons (Fsp3) is 0.182. The summed E-state index contributed by atoms with van der Waals surface area (Å²) in [5.74, 6) is 0.682. The SMILES string of the molecule is Cc1cnccc1CNc1nc(Cl)ncc1Br. The molecule has 2 rings (SSSR count). The Hall–Kier alpha value is -1.20. The molecule has 2 aromatic heterocycles. The molecule has 0 spiro atoms. The number of hydrogen-bond donors (Lipinski definition) is 1. The number of aryl methyl sites for hydroxylation is 1. The summed E-state index contributed by atoms with van der Waals surface area (Å²) in [6.45, 7) is 2.69. The van der Waals surface area contributed by atoms with Gasteiger partial charge in [-0.3, -0.25) is 4.98 Å². The number of hydrogen-bond acceptors (Lipinski definition) is 4. The van der Waals surface area contributed by atoms with E-state index in [0.29, 0.717) is 12.4 Å². The van der Waals surface area contributed by atoms with Gasteiger partial charge in [0.1, 0.15) is 5.82 Å². The zero-order valence-electron chi connectivity index (χ0n) is 9.11. The van der Waals surface area contributed by atoms with Crippen molar-refractivity contribution in [3.8, 4) is 0 Å². The van der Waals surface area contributed by atoms with Crippen molar-refractivity contribution in [3.63, 3.8) is 0 Å². The number of nitrogens with zero attached hydrogens (tertiary/aromatic N) is 3. The molecule has 0 atom stereocenters. The molecule has 0 saturated carbocycles. The summed E-state index contributed by atoms with van der Waals surface area (Å²) in [6, 6.07) is 1.97. The fourth-order valence-electron chi connectivity index (χ4n) is 1.35. The summed E-state index contributed by atoms with van der Waals surface area (Å²) in [7, 11) is 0. The molecule has 1 N–H and O–H groups in total. The Balaban J connectivity index is 2.12. The molecule has 0 aliphatic carbocycles. The van der Waals surface area contributed by atoms with Gasteiger partial charge in [-0.1, -0.05) is 0 Å². The molecule has 0 aliphatic heterocycles. The standard InChI is InChI=1S/C11H10BrClN4/c1-7-4-14-3-2-8(7)5-15-10-9(12)6-16-11(13)17-10/h2-4,6H,5H2,1H3,(H,15,16,17). The third kappa shape index (κ3) is 3.14. The maximum absolute atomic E-state index is 5.74. The van der Waals surface area contributed by atoms with E-state index in [2.05, 4.69) is 36.2 Å². The van der Waals surface area contributed by atoms with Gasteiger partial charge in [0, 0.05) is 25.1 Å². The first kappa shape index (κ1) is 12.3. The van der Waals surface area contributed by atoms with Gasteiger partial charge in [-0.2, -0.15) is 4.98 Å². The maximum Gasteiger partial charge on any atom is 0.224 e. The lowest BCUT2D eigenvalue weighted by Crippen LogP contribution is -2.04. The van der Waals surface area contributed by atoms with E-state index in [4.69, 9.17) is 11.6 Å². The summed E-state index contributed by atoms with van der Waals surface area (Å²) in [6.07, 6.45) is 5.22. The van der Waals surface area contributed by atoms with Crippen LogP contribution in [0.15, 0.2) is 29.1 Å². The zero-order valence-corrected chi connectivity index (χ0v) is 11.5. The van der Waals surface area contributed by atoms with Crippen molar-refractivity contribution >= 4 is 33.3 Å². The van der Waals surface area contributed by atoms with E-state index in [0.717, 1.165) is 10.0 Å². The smallest absolute Gasteiger partial charge is 0.224 e. The summed E-state index contributed by atoms with van der Waals surface area (Å²) in [5, 5.41) is 3.42. The highest BCUT2D eigenvalue weighted by Gasteiger charge is 2.04. The Morgan fingerprint density at radius 1 is 1.41 bits per heavy atom. The van der Waals surface area contributed by atoms with Crippen LogP contribution in [0, 0.1) is 6.92 Å². The third-order valence-electron chi connectivity index (χ3n) is 2.30. The van der Waals surface area contributed by atoms with E-state index in [1.807, 2.05) is 19.2 Å². The third-order valence-corrected chi connectivity index (χ3v) is 3.06. The number of anilines is 1. The van der Waals surface area contributed by atoms with E-state index in [9.17, 15) is 0 Å². The number of rotatable bonds is 3. The number of pyridine rings is 1. The fourth-order valence-corrected chi connectivity index (χ4v) is 1.81. The van der Waals surface area contributed by atoms with Crippen LogP contribution in [0.1, 0.15) is 11.1 Å². The summed E-state index contributed by atoms with van der Waals surface area (Å²) in [5.41, 5.74) is 2.30. The minimum atomic E-state index is 0.224. The first-order valence-corrected chi connectivity index (χ1v) is 6.15. The first-order chi connectivity index (χ1) is 8.16. The second-order valence-corrected chi connectivity index (χ2v) is 4.68. The maximum atomic E-state index is 5.74. The molecule has 6 heteroatoms. The molecule has 2 heterocycles. The Morgan fingerprint density at radius 2 is 2.24 bits per heavy atom. The Morgan fingerprint density at radius 3 is 3.00 bits per heavy atom. The molecule has 88 valence electrons. The van der Waals surface area contributed by atoms with Crippen molar-refractivity contribution in [2.24, 2.45) is 0 Å². The lowest BCUT2D eigenvalue weighted by Gasteiger charge is -2.09. The second-order valence-electron chi connectivity index (χ2n) is 3.49. The van der Waals surface area contributed by atoms with E-state index in [-0.39, 0.29) is 5.28 Å². The molecule has 0 radical (unpaired) electrons. The Kier molecular flexibility index (Phi) is 3.91. The molecule has 0 amide bonds. The Bertz CT molecular complexity index is 533. The zero-order chi connectivity index (χ0) is 12.3. The minimum Gasteiger partial charge on any atom is -0.365 e. The average Bonchev–Trinajstić information content (AvgIpc) is 2.32. The van der Waals surface area contributed by atoms with Crippen LogP contribution >= 0.6 is 27.5 Å². The highest BCUT2D eigenvalue weighted by molar-refractivity contribution is 9.10. The molecule has 0 fully saturated rings. The topological polar surface area (TPSA) is 50.7 Å². The lowest BCUT2D eigenvalue weighted by molar-refractivity contribution is 1.05. The molecule has 4 nitrogen and oxygen atoms in total. The van der Waals surface area contributed by atoms with Crippen LogP contribution in [0.2, 0.25) is 5.28 Å². The number of nitrogens with one attached hydrogen (secondary N) is 1. The molecule has 0 aromatic carbocycles. The van der Waals surface area contributed by atoms with Crippen molar-refractivity contribution in [1.82, 2.24) is 15.0 Å². The van der Waals surface area contributed by atoms with Crippen molar-refractivity contribution in [2.75, 3.05) is 5.32 Å². The molecule has 17 heavy (non-hydrogen) atoms. The van der Waals surface area contributed by atoms with Crippen LogP contribution < -0.4 is 5.32 Å². The summed E-state index contributed by atoms with van der Waals surface area (Å²) in [4.78, 5) is 12.0. The molecule has 0 bridgehead atoms. The Labute approximate surface area is 113 Å². The summed E-state index contributed by atoms with van der Waals surface area (Å²) >= 11 is 9.10. The number of halogens is 2. The van der Waals surface area contributed by atoms with Gasteiger partial charge in [-0.05, 0) is 51.6 Å². The van der Waals surface area contributed by atoms with Gasteiger partial charge in [0.05, 0.1) is 4.47 Å². The van der Waals surface area contributed by atoms with Gasteiger partial charge in [0.25, 0.3) is 0 Å². The van der Waals surface area contributed by atoms with Crippen molar-refractivity contribution in [2.45, 2.75) is 13.5 Å². The highest BCUT2D eigenvalue weighted by atomic mass is 79.9. The van der Waals surface area contributed by atoms with Gasteiger partial charge in [0.15, 0.2) is 0 Å². The summed E-state index contributed by atoms with van der Waals surface area (Å²) < 4.78 is 0.786. The number of aromatic nitrogens is 3. The van der Waals surface area contributed by atoms with Crippen molar-refractivity contribution in [3.05, 3.63) is 45.5 Å². The van der Waals surface area contributed by atoms with Gasteiger partial charge >= 0.3 is 0 Å². The van der Waals surface area contributed by atoms with E-state index >= 15 is 0 Å². The average molecular weight is 314 g/mol. The van der Waals surface area contributed by atoms with Crippen LogP contribution in [0.4, 0.5) is 5.82 Å². The van der Waals surface area contributed by atoms with Crippen molar-refractivity contribution < 1.29 is 0 Å². The first-order valence-electron chi connectivity index (χ1n) is 4.98. The van der Waals surface area contributed by atoms with Gasteiger partial charge in [-0.15, -0.1) is 0 Å². The van der Waals surface area contributed by atoms with E-state index < -0.39 is 0 Å². The van der Waals surface area contributed by atoms with Gasteiger partial charge < -0.3 is 5.32 Å². The quantitative estimate of drug-likeness (QED) is 0.884. The van der Waals surface area contributed by atoms with Crippen LogP contribution in [0.25, 0.3) is 0 Å². The minimum absolute atomic E-state index is 0.224. The molecular formula is C11H10BrClN4. The molecule has 0 unspecified atom stereocenters.